The van der Waals surface area contributed by atoms with Crippen LogP contribution >= 0.6 is 15.9 Å². The van der Waals surface area contributed by atoms with E-state index in [0.29, 0.717) is 6.54 Å². The summed E-state index contributed by atoms with van der Waals surface area (Å²) in [6.07, 6.45) is 1.87. The first-order valence-corrected chi connectivity index (χ1v) is 9.22. The van der Waals surface area contributed by atoms with Gasteiger partial charge in [-0.2, -0.15) is 5.10 Å². The minimum atomic E-state index is 0.617. The van der Waals surface area contributed by atoms with Crippen LogP contribution < -0.4 is 10.2 Å². The molecule has 0 fully saturated rings. The topological polar surface area (TPSA) is 38.5 Å². The number of hydrazone groups is 1. The molecule has 0 saturated heterocycles. The Labute approximate surface area is 162 Å². The average Bonchev–Trinajstić information content (AvgIpc) is 2.93. The number of aryl methyl sites for hydroxylation is 1. The molecule has 26 heavy (non-hydrogen) atoms. The van der Waals surface area contributed by atoms with E-state index in [1.165, 1.54) is 5.69 Å². The van der Waals surface area contributed by atoms with Gasteiger partial charge in [0.15, 0.2) is 0 Å². The molecule has 0 unspecified atom stereocenters. The fraction of sp³-hybridized carbons (Fsp3) is 0.190. The van der Waals surface area contributed by atoms with E-state index in [1.54, 1.807) is 7.11 Å². The Bertz CT molecular complexity index is 914. The molecule has 0 radical (unpaired) electrons. The van der Waals surface area contributed by atoms with Crippen molar-refractivity contribution in [3.63, 3.8) is 0 Å². The molecule has 0 bridgehead atoms. The Hall–Kier alpha value is -2.53. The zero-order chi connectivity index (χ0) is 18.5. The van der Waals surface area contributed by atoms with Crippen molar-refractivity contribution in [2.45, 2.75) is 20.4 Å². The quantitative estimate of drug-likeness (QED) is 0.458. The highest BCUT2D eigenvalue weighted by Crippen LogP contribution is 2.21. The standard InChI is InChI=1S/C21H22BrN3O/c1-15-12-18(16(2)25(15)20-10-8-19(22)9-11-20)14-24-23-13-17-6-4-5-7-21(17)26-3/h4-12,14,23H,13H2,1-3H3/b24-14+. The van der Waals surface area contributed by atoms with Crippen molar-refractivity contribution < 1.29 is 4.74 Å². The fourth-order valence-corrected chi connectivity index (χ4v) is 3.27. The van der Waals surface area contributed by atoms with Crippen molar-refractivity contribution >= 4 is 22.1 Å². The molecule has 0 aliphatic rings. The summed E-state index contributed by atoms with van der Waals surface area (Å²) in [6, 6.07) is 18.4. The minimum Gasteiger partial charge on any atom is -0.496 e. The van der Waals surface area contributed by atoms with E-state index in [0.717, 1.165) is 32.7 Å². The lowest BCUT2D eigenvalue weighted by atomic mass is 10.2. The van der Waals surface area contributed by atoms with E-state index >= 15 is 0 Å². The summed E-state index contributed by atoms with van der Waals surface area (Å²) < 4.78 is 8.66. The Morgan fingerprint density at radius 1 is 1.12 bits per heavy atom. The highest BCUT2D eigenvalue weighted by Gasteiger charge is 2.09. The number of halogens is 1. The SMILES string of the molecule is COc1ccccc1CN/N=C/c1cc(C)n(-c2ccc(Br)cc2)c1C. The van der Waals surface area contributed by atoms with Crippen LogP contribution in [0.2, 0.25) is 0 Å². The van der Waals surface area contributed by atoms with Gasteiger partial charge in [-0.15, -0.1) is 0 Å². The van der Waals surface area contributed by atoms with Crippen LogP contribution in [0.5, 0.6) is 5.75 Å². The van der Waals surface area contributed by atoms with Crippen LogP contribution in [0.3, 0.4) is 0 Å². The van der Waals surface area contributed by atoms with Gasteiger partial charge in [0.25, 0.3) is 0 Å². The normalized spacial score (nSPS) is 11.1. The lowest BCUT2D eigenvalue weighted by Gasteiger charge is -2.09. The molecular formula is C21H22BrN3O. The Morgan fingerprint density at radius 2 is 1.85 bits per heavy atom. The summed E-state index contributed by atoms with van der Waals surface area (Å²) in [5.41, 5.74) is 8.75. The van der Waals surface area contributed by atoms with Gasteiger partial charge in [0.2, 0.25) is 0 Å². The Morgan fingerprint density at radius 3 is 2.58 bits per heavy atom. The molecule has 0 aliphatic carbocycles. The van der Waals surface area contributed by atoms with Crippen LogP contribution in [0.4, 0.5) is 0 Å². The fourth-order valence-electron chi connectivity index (χ4n) is 3.00. The molecule has 1 heterocycles. The van der Waals surface area contributed by atoms with Gasteiger partial charge >= 0.3 is 0 Å². The van der Waals surface area contributed by atoms with E-state index in [-0.39, 0.29) is 0 Å². The molecule has 134 valence electrons. The number of methoxy groups -OCH3 is 1. The van der Waals surface area contributed by atoms with Crippen molar-refractivity contribution in [2.75, 3.05) is 7.11 Å². The van der Waals surface area contributed by atoms with Gasteiger partial charge in [0.05, 0.1) is 19.9 Å². The third-order valence-corrected chi connectivity index (χ3v) is 4.84. The second-order valence-electron chi connectivity index (χ2n) is 6.04. The van der Waals surface area contributed by atoms with Gasteiger partial charge in [-0.1, -0.05) is 34.1 Å². The molecule has 1 aromatic heterocycles. The maximum absolute atomic E-state index is 5.36. The molecular weight excluding hydrogens is 390 g/mol. The number of para-hydroxylation sites is 1. The number of ether oxygens (including phenoxy) is 1. The number of nitrogens with zero attached hydrogens (tertiary/aromatic N) is 2. The first kappa shape index (κ1) is 18.3. The highest BCUT2D eigenvalue weighted by atomic mass is 79.9. The maximum atomic E-state index is 5.36. The number of hydrogen-bond acceptors (Lipinski definition) is 3. The van der Waals surface area contributed by atoms with Crippen LogP contribution in [0, 0.1) is 13.8 Å². The molecule has 1 N–H and O–H groups in total. The molecule has 0 spiro atoms. The summed E-state index contributed by atoms with van der Waals surface area (Å²) in [5, 5.41) is 4.38. The smallest absolute Gasteiger partial charge is 0.123 e. The summed E-state index contributed by atoms with van der Waals surface area (Å²) >= 11 is 3.48. The monoisotopic (exact) mass is 411 g/mol. The third kappa shape index (κ3) is 3.99. The number of benzene rings is 2. The largest absolute Gasteiger partial charge is 0.496 e. The minimum absolute atomic E-state index is 0.617. The van der Waals surface area contributed by atoms with Gasteiger partial charge in [0, 0.05) is 32.7 Å². The second-order valence-corrected chi connectivity index (χ2v) is 6.96. The van der Waals surface area contributed by atoms with Crippen LogP contribution in [-0.4, -0.2) is 17.9 Å². The first-order valence-electron chi connectivity index (χ1n) is 8.43. The molecule has 3 aromatic rings. The Kier molecular flexibility index (Phi) is 5.78. The highest BCUT2D eigenvalue weighted by molar-refractivity contribution is 9.10. The molecule has 3 rings (SSSR count). The number of hydrogen-bond donors (Lipinski definition) is 1. The van der Waals surface area contributed by atoms with E-state index in [9.17, 15) is 0 Å². The van der Waals surface area contributed by atoms with Gasteiger partial charge in [-0.25, -0.2) is 0 Å². The van der Waals surface area contributed by atoms with Crippen LogP contribution in [0.25, 0.3) is 5.69 Å². The van der Waals surface area contributed by atoms with Crippen LogP contribution in [-0.2, 0) is 6.54 Å². The number of nitrogens with one attached hydrogen (secondary N) is 1. The van der Waals surface area contributed by atoms with E-state index in [1.807, 2.05) is 30.5 Å². The lowest BCUT2D eigenvalue weighted by Crippen LogP contribution is -2.07. The zero-order valence-electron chi connectivity index (χ0n) is 15.2. The van der Waals surface area contributed by atoms with Crippen molar-refractivity contribution in [2.24, 2.45) is 5.10 Å². The number of rotatable bonds is 6. The van der Waals surface area contributed by atoms with E-state index in [4.69, 9.17) is 4.74 Å². The van der Waals surface area contributed by atoms with Gasteiger partial charge < -0.3 is 14.7 Å². The molecule has 0 aliphatic heterocycles. The van der Waals surface area contributed by atoms with Crippen molar-refractivity contribution in [3.8, 4) is 11.4 Å². The van der Waals surface area contributed by atoms with E-state index < -0.39 is 0 Å². The molecule has 0 saturated carbocycles. The van der Waals surface area contributed by atoms with Gasteiger partial charge in [-0.05, 0) is 50.2 Å². The molecule has 5 heteroatoms. The average molecular weight is 412 g/mol. The first-order chi connectivity index (χ1) is 12.6. The third-order valence-electron chi connectivity index (χ3n) is 4.31. The molecule has 0 atom stereocenters. The van der Waals surface area contributed by atoms with Crippen LogP contribution in [0.1, 0.15) is 22.5 Å². The summed E-state index contributed by atoms with van der Waals surface area (Å²) in [6.45, 7) is 4.83. The second kappa shape index (κ2) is 8.23. The number of aromatic nitrogens is 1. The molecule has 2 aromatic carbocycles. The van der Waals surface area contributed by atoms with Gasteiger partial charge in [-0.3, -0.25) is 0 Å². The predicted molar refractivity (Wildman–Crippen MR) is 110 cm³/mol. The van der Waals surface area contributed by atoms with Crippen molar-refractivity contribution in [1.29, 1.82) is 0 Å². The lowest BCUT2D eigenvalue weighted by molar-refractivity contribution is 0.408. The molecule has 4 nitrogen and oxygen atoms in total. The van der Waals surface area contributed by atoms with Crippen molar-refractivity contribution in [3.05, 3.63) is 81.6 Å². The van der Waals surface area contributed by atoms with Crippen LogP contribution in [0.15, 0.2) is 64.2 Å². The predicted octanol–water partition coefficient (Wildman–Crippen LogP) is 4.99. The van der Waals surface area contributed by atoms with Crippen molar-refractivity contribution in [1.82, 2.24) is 9.99 Å². The van der Waals surface area contributed by atoms with E-state index in [2.05, 4.69) is 75.2 Å². The summed E-state index contributed by atoms with van der Waals surface area (Å²) in [5.74, 6) is 0.864. The summed E-state index contributed by atoms with van der Waals surface area (Å²) in [7, 11) is 1.68. The maximum Gasteiger partial charge on any atom is 0.123 e. The summed E-state index contributed by atoms with van der Waals surface area (Å²) in [4.78, 5) is 0. The zero-order valence-corrected chi connectivity index (χ0v) is 16.7. The van der Waals surface area contributed by atoms with Gasteiger partial charge in [0.1, 0.15) is 5.75 Å². The Balaban J connectivity index is 1.73. The molecule has 0 amide bonds.